The van der Waals surface area contributed by atoms with Gasteiger partial charge in [-0.3, -0.25) is 10.1 Å². The van der Waals surface area contributed by atoms with Crippen LogP contribution in [-0.2, 0) is 12.7 Å². The first-order valence-electron chi connectivity index (χ1n) is 8.78. The van der Waals surface area contributed by atoms with Gasteiger partial charge in [-0.1, -0.05) is 0 Å². The van der Waals surface area contributed by atoms with E-state index < -0.39 is 22.9 Å². The van der Waals surface area contributed by atoms with Crippen molar-refractivity contribution >= 4 is 23.0 Å². The van der Waals surface area contributed by atoms with E-state index in [1.54, 1.807) is 0 Å². The van der Waals surface area contributed by atoms with Gasteiger partial charge in [-0.2, -0.15) is 13.2 Å². The zero-order valence-corrected chi connectivity index (χ0v) is 16.7. The first-order chi connectivity index (χ1) is 14.2. The Morgan fingerprint density at radius 1 is 1.37 bits per heavy atom. The van der Waals surface area contributed by atoms with Gasteiger partial charge in [0.05, 0.1) is 11.5 Å². The minimum absolute atomic E-state index is 0.0501. The lowest BCUT2D eigenvalue weighted by Gasteiger charge is -2.15. The van der Waals surface area contributed by atoms with Crippen LogP contribution in [0.4, 0.5) is 18.9 Å². The van der Waals surface area contributed by atoms with E-state index in [2.05, 4.69) is 20.6 Å². The summed E-state index contributed by atoms with van der Waals surface area (Å²) in [4.78, 5) is 17.8. The van der Waals surface area contributed by atoms with Crippen LogP contribution in [0.5, 0.6) is 5.75 Å². The number of benzene rings is 1. The van der Waals surface area contributed by atoms with Crippen molar-refractivity contribution in [1.82, 2.24) is 15.6 Å². The lowest BCUT2D eigenvalue weighted by molar-refractivity contribution is -0.384. The zero-order valence-electron chi connectivity index (χ0n) is 15.8. The highest BCUT2D eigenvalue weighted by Gasteiger charge is 2.33. The van der Waals surface area contributed by atoms with Crippen LogP contribution in [0.2, 0.25) is 0 Å². The zero-order chi connectivity index (χ0) is 22.1. The molecule has 3 N–H and O–H groups in total. The van der Waals surface area contributed by atoms with Crippen LogP contribution in [0.25, 0.3) is 0 Å². The first-order valence-corrected chi connectivity index (χ1v) is 9.66. The minimum Gasteiger partial charge on any atom is -0.491 e. The van der Waals surface area contributed by atoms with Crippen molar-refractivity contribution in [3.8, 4) is 5.75 Å². The van der Waals surface area contributed by atoms with Crippen molar-refractivity contribution in [1.29, 1.82) is 0 Å². The summed E-state index contributed by atoms with van der Waals surface area (Å²) in [6.45, 7) is 2.25. The molecule has 1 atom stereocenters. The summed E-state index contributed by atoms with van der Waals surface area (Å²) < 4.78 is 43.2. The van der Waals surface area contributed by atoms with Gasteiger partial charge in [0.1, 0.15) is 23.5 Å². The fourth-order valence-electron chi connectivity index (χ4n) is 2.13. The van der Waals surface area contributed by atoms with Gasteiger partial charge in [0, 0.05) is 30.6 Å². The molecular weight excluding hydrogens is 427 g/mol. The molecule has 1 heterocycles. The Morgan fingerprint density at radius 3 is 2.63 bits per heavy atom. The Morgan fingerprint density at radius 2 is 2.07 bits per heavy atom. The van der Waals surface area contributed by atoms with Gasteiger partial charge in [0.15, 0.2) is 11.7 Å². The Hall–Kier alpha value is -2.93. The van der Waals surface area contributed by atoms with E-state index >= 15 is 0 Å². The Kier molecular flexibility index (Phi) is 8.35. The van der Waals surface area contributed by atoms with Crippen LogP contribution in [0.3, 0.4) is 0 Å². The largest absolute Gasteiger partial charge is 0.491 e. The molecule has 9 nitrogen and oxygen atoms in total. The van der Waals surface area contributed by atoms with E-state index in [4.69, 9.17) is 4.74 Å². The number of nitrogens with one attached hydrogen (secondary N) is 2. The number of ether oxygens (including phenoxy) is 1. The van der Waals surface area contributed by atoms with Gasteiger partial charge in [-0.15, -0.1) is 11.3 Å². The molecule has 0 saturated carbocycles. The third-order valence-electron chi connectivity index (χ3n) is 3.55. The van der Waals surface area contributed by atoms with E-state index in [-0.39, 0.29) is 30.4 Å². The summed E-state index contributed by atoms with van der Waals surface area (Å²) in [5.41, 5.74) is -1.02. The molecule has 1 aromatic carbocycles. The highest BCUT2D eigenvalue weighted by atomic mass is 32.1. The highest BCUT2D eigenvalue weighted by Crippen LogP contribution is 2.30. The number of aliphatic hydroxyl groups is 1. The number of aliphatic imine (C=N–C) groups is 1. The van der Waals surface area contributed by atoms with Crippen LogP contribution in [0.1, 0.15) is 17.6 Å². The molecule has 164 valence electrons. The van der Waals surface area contributed by atoms with Crippen molar-refractivity contribution in [2.24, 2.45) is 4.99 Å². The predicted molar refractivity (Wildman–Crippen MR) is 105 cm³/mol. The lowest BCUT2D eigenvalue weighted by atomic mass is 10.3. The molecule has 0 spiro atoms. The van der Waals surface area contributed by atoms with E-state index in [1.165, 1.54) is 24.3 Å². The molecular formula is C17H20F3N5O4S. The number of non-ortho nitro benzene ring substituents is 1. The molecule has 1 aromatic heterocycles. The van der Waals surface area contributed by atoms with Crippen LogP contribution in [-0.4, -0.2) is 46.8 Å². The topological polar surface area (TPSA) is 122 Å². The first kappa shape index (κ1) is 23.3. The molecule has 0 radical (unpaired) electrons. The number of nitrogens with zero attached hydrogens (tertiary/aromatic N) is 3. The standard InChI is InChI=1S/C17H20F3N5O4S/c1-2-21-16(23-8-15-24-14(10-30-15)17(18,19)20)22-7-12(26)9-29-13-5-3-11(4-6-13)25(27)28/h3-6,10,12,26H,2,7-9H2,1H3,(H2,21,22,23). The van der Waals surface area contributed by atoms with E-state index in [0.29, 0.717) is 18.3 Å². The molecule has 2 aromatic rings. The number of hydrogen-bond acceptors (Lipinski definition) is 7. The molecule has 2 rings (SSSR count). The molecule has 0 aliphatic rings. The highest BCUT2D eigenvalue weighted by molar-refractivity contribution is 7.09. The molecule has 0 saturated heterocycles. The molecule has 13 heteroatoms. The van der Waals surface area contributed by atoms with Gasteiger partial charge in [-0.25, -0.2) is 9.98 Å². The summed E-state index contributed by atoms with van der Waals surface area (Å²) in [5.74, 6) is 0.667. The number of aromatic nitrogens is 1. The van der Waals surface area contributed by atoms with Gasteiger partial charge < -0.3 is 20.5 Å². The number of nitro groups is 1. The summed E-state index contributed by atoms with van der Waals surface area (Å²) in [6.07, 6.45) is -5.42. The van der Waals surface area contributed by atoms with E-state index in [0.717, 1.165) is 16.7 Å². The molecule has 0 aliphatic heterocycles. The average Bonchev–Trinajstić information content (AvgIpc) is 3.18. The second-order valence-electron chi connectivity index (χ2n) is 5.92. The molecule has 0 aliphatic carbocycles. The normalized spacial score (nSPS) is 13.0. The monoisotopic (exact) mass is 447 g/mol. The summed E-state index contributed by atoms with van der Waals surface area (Å²) in [6, 6.07) is 5.43. The SMILES string of the molecule is CCNC(=NCc1nc(C(F)(F)F)cs1)NCC(O)COc1ccc([N+](=O)[O-])cc1. The molecule has 0 bridgehead atoms. The molecule has 30 heavy (non-hydrogen) atoms. The Bertz CT molecular complexity index is 858. The maximum absolute atomic E-state index is 12.6. The van der Waals surface area contributed by atoms with Gasteiger partial charge in [-0.05, 0) is 19.1 Å². The lowest BCUT2D eigenvalue weighted by Crippen LogP contribution is -2.42. The molecule has 0 fully saturated rings. The van der Waals surface area contributed by atoms with Gasteiger partial charge in [0.2, 0.25) is 0 Å². The number of guanidine groups is 1. The number of halogens is 3. The van der Waals surface area contributed by atoms with Gasteiger partial charge in [0.25, 0.3) is 5.69 Å². The van der Waals surface area contributed by atoms with Crippen LogP contribution >= 0.6 is 11.3 Å². The number of alkyl halides is 3. The van der Waals surface area contributed by atoms with Crippen molar-refractivity contribution in [3.63, 3.8) is 0 Å². The van der Waals surface area contributed by atoms with Crippen molar-refractivity contribution in [3.05, 3.63) is 50.5 Å². The van der Waals surface area contributed by atoms with Crippen LogP contribution < -0.4 is 15.4 Å². The minimum atomic E-state index is -4.49. The smallest absolute Gasteiger partial charge is 0.434 e. The molecule has 0 amide bonds. The number of hydrogen-bond donors (Lipinski definition) is 3. The third-order valence-corrected chi connectivity index (χ3v) is 4.39. The maximum atomic E-state index is 12.6. The van der Waals surface area contributed by atoms with E-state index in [9.17, 15) is 28.4 Å². The Balaban J connectivity index is 1.83. The quantitative estimate of drug-likeness (QED) is 0.234. The van der Waals surface area contributed by atoms with Crippen molar-refractivity contribution < 1.29 is 27.9 Å². The fourth-order valence-corrected chi connectivity index (χ4v) is 2.86. The van der Waals surface area contributed by atoms with Crippen molar-refractivity contribution in [2.45, 2.75) is 25.7 Å². The Labute approximate surface area is 173 Å². The third kappa shape index (κ3) is 7.48. The van der Waals surface area contributed by atoms with Crippen molar-refractivity contribution in [2.75, 3.05) is 19.7 Å². The molecule has 1 unspecified atom stereocenters. The second kappa shape index (κ2) is 10.7. The maximum Gasteiger partial charge on any atom is 0.434 e. The number of thiazole rings is 1. The summed E-state index contributed by atoms with van der Waals surface area (Å²) in [7, 11) is 0. The van der Waals surface area contributed by atoms with Gasteiger partial charge >= 0.3 is 6.18 Å². The summed E-state index contributed by atoms with van der Waals surface area (Å²) in [5, 5.41) is 27.6. The number of rotatable bonds is 9. The fraction of sp³-hybridized carbons (Fsp3) is 0.412. The number of aliphatic hydroxyl groups excluding tert-OH is 1. The average molecular weight is 447 g/mol. The second-order valence-corrected chi connectivity index (χ2v) is 6.86. The van der Waals surface area contributed by atoms with Crippen LogP contribution in [0, 0.1) is 10.1 Å². The predicted octanol–water partition coefficient (Wildman–Crippen LogP) is 2.57. The number of nitro benzene ring substituents is 1. The van der Waals surface area contributed by atoms with E-state index in [1.807, 2.05) is 6.92 Å². The van der Waals surface area contributed by atoms with Crippen LogP contribution in [0.15, 0.2) is 34.6 Å². The summed E-state index contributed by atoms with van der Waals surface area (Å²) >= 11 is 0.864.